The second-order valence-corrected chi connectivity index (χ2v) is 5.47. The van der Waals surface area contributed by atoms with Crippen LogP contribution in [0.1, 0.15) is 24.4 Å². The predicted octanol–water partition coefficient (Wildman–Crippen LogP) is 0.566. The minimum Gasteiger partial charge on any atom is -0.381 e. The van der Waals surface area contributed by atoms with E-state index in [0.717, 1.165) is 38.2 Å². The fraction of sp³-hybridized carbons (Fsp3) is 0.714. The van der Waals surface area contributed by atoms with E-state index in [9.17, 15) is 4.79 Å². The number of aryl methyl sites for hydroxylation is 1. The lowest BCUT2D eigenvalue weighted by Crippen LogP contribution is -2.41. The van der Waals surface area contributed by atoms with Crippen molar-refractivity contribution >= 4 is 5.91 Å². The lowest BCUT2D eigenvalue weighted by molar-refractivity contribution is -0.133. The molecule has 2 rings (SSSR count). The van der Waals surface area contributed by atoms with Crippen molar-refractivity contribution in [3.63, 3.8) is 0 Å². The predicted molar refractivity (Wildman–Crippen MR) is 76.2 cm³/mol. The Hall–Kier alpha value is -1.40. The monoisotopic (exact) mass is 280 g/mol. The summed E-state index contributed by atoms with van der Waals surface area (Å²) in [6.45, 7) is 2.36. The first kappa shape index (κ1) is 15.0. The molecule has 6 nitrogen and oxygen atoms in total. The van der Waals surface area contributed by atoms with Gasteiger partial charge in [0.15, 0.2) is 0 Å². The summed E-state index contributed by atoms with van der Waals surface area (Å²) in [5.41, 5.74) is 0.895. The van der Waals surface area contributed by atoms with Gasteiger partial charge in [-0.3, -0.25) is 9.48 Å². The highest BCUT2D eigenvalue weighted by atomic mass is 16.5. The highest BCUT2D eigenvalue weighted by Crippen LogP contribution is 2.18. The fourth-order valence-electron chi connectivity index (χ4n) is 2.67. The van der Waals surface area contributed by atoms with Crippen LogP contribution < -0.4 is 5.32 Å². The number of nitrogens with one attached hydrogen (secondary N) is 1. The molecule has 2 atom stereocenters. The maximum Gasteiger partial charge on any atom is 0.244 e. The highest BCUT2D eigenvalue weighted by molar-refractivity contribution is 5.82. The van der Waals surface area contributed by atoms with Crippen molar-refractivity contribution in [3.8, 4) is 0 Å². The summed E-state index contributed by atoms with van der Waals surface area (Å²) >= 11 is 0. The second kappa shape index (κ2) is 6.85. The van der Waals surface area contributed by atoms with Crippen LogP contribution >= 0.6 is 0 Å². The molecule has 2 unspecified atom stereocenters. The van der Waals surface area contributed by atoms with E-state index in [2.05, 4.69) is 10.4 Å². The Morgan fingerprint density at radius 3 is 3.05 bits per heavy atom. The lowest BCUT2D eigenvalue weighted by atomic mass is 10.0. The van der Waals surface area contributed by atoms with Gasteiger partial charge in [0.05, 0.1) is 12.8 Å². The smallest absolute Gasteiger partial charge is 0.244 e. The molecule has 1 aromatic heterocycles. The van der Waals surface area contributed by atoms with E-state index in [-0.39, 0.29) is 11.9 Å². The van der Waals surface area contributed by atoms with Crippen LogP contribution in [-0.4, -0.2) is 54.4 Å². The first-order chi connectivity index (χ1) is 9.61. The van der Waals surface area contributed by atoms with Crippen molar-refractivity contribution in [3.05, 3.63) is 18.0 Å². The molecule has 0 aliphatic carbocycles. The molecule has 2 heterocycles. The van der Waals surface area contributed by atoms with Crippen LogP contribution in [0.3, 0.4) is 0 Å². The molecule has 6 heteroatoms. The van der Waals surface area contributed by atoms with Gasteiger partial charge in [0.1, 0.15) is 6.04 Å². The normalized spacial score (nSPS) is 20.6. The van der Waals surface area contributed by atoms with Crippen LogP contribution in [0, 0.1) is 5.92 Å². The molecule has 1 amide bonds. The molecule has 1 N–H and O–H groups in total. The third-order valence-electron chi connectivity index (χ3n) is 3.76. The molecule has 1 aromatic rings. The van der Waals surface area contributed by atoms with Crippen molar-refractivity contribution in [1.82, 2.24) is 20.0 Å². The number of ether oxygens (including phenoxy) is 1. The third kappa shape index (κ3) is 3.58. The highest BCUT2D eigenvalue weighted by Gasteiger charge is 2.25. The van der Waals surface area contributed by atoms with Crippen molar-refractivity contribution in [2.24, 2.45) is 13.0 Å². The zero-order chi connectivity index (χ0) is 14.5. The van der Waals surface area contributed by atoms with Crippen LogP contribution in [0.5, 0.6) is 0 Å². The quantitative estimate of drug-likeness (QED) is 0.856. The number of hydrogen-bond donors (Lipinski definition) is 1. The first-order valence-electron chi connectivity index (χ1n) is 7.10. The van der Waals surface area contributed by atoms with Crippen LogP contribution in [0.25, 0.3) is 0 Å². The molecule has 112 valence electrons. The van der Waals surface area contributed by atoms with Gasteiger partial charge in [-0.15, -0.1) is 0 Å². The van der Waals surface area contributed by atoms with Crippen molar-refractivity contribution in [1.29, 1.82) is 0 Å². The molecule has 1 saturated heterocycles. The standard InChI is InChI=1S/C14H24N4O2/c1-15-13(12-7-16-18(3)9-12)14(19)17(2)8-11-5-4-6-20-10-11/h7,9,11,13,15H,4-6,8,10H2,1-3H3. The van der Waals surface area contributed by atoms with Gasteiger partial charge in [0, 0.05) is 39.0 Å². The van der Waals surface area contributed by atoms with Crippen molar-refractivity contribution in [2.45, 2.75) is 18.9 Å². The topological polar surface area (TPSA) is 59.4 Å². The minimum atomic E-state index is -0.335. The van der Waals surface area contributed by atoms with Gasteiger partial charge in [-0.2, -0.15) is 5.10 Å². The molecule has 1 aliphatic rings. The van der Waals surface area contributed by atoms with Crippen molar-refractivity contribution < 1.29 is 9.53 Å². The van der Waals surface area contributed by atoms with E-state index in [4.69, 9.17) is 4.74 Å². The Morgan fingerprint density at radius 1 is 1.70 bits per heavy atom. The van der Waals surface area contributed by atoms with Gasteiger partial charge in [-0.1, -0.05) is 0 Å². The van der Waals surface area contributed by atoms with Gasteiger partial charge >= 0.3 is 0 Å². The molecule has 0 aromatic carbocycles. The van der Waals surface area contributed by atoms with Gasteiger partial charge in [-0.05, 0) is 25.8 Å². The molecule has 1 fully saturated rings. The van der Waals surface area contributed by atoms with Crippen LogP contribution in [0.15, 0.2) is 12.4 Å². The average Bonchev–Trinajstić information content (AvgIpc) is 2.87. The number of nitrogens with zero attached hydrogens (tertiary/aromatic N) is 3. The van der Waals surface area contributed by atoms with E-state index in [1.54, 1.807) is 22.8 Å². The Bertz CT molecular complexity index is 440. The van der Waals surface area contributed by atoms with Crippen LogP contribution in [0.2, 0.25) is 0 Å². The summed E-state index contributed by atoms with van der Waals surface area (Å²) in [4.78, 5) is 14.3. The molecule has 0 bridgehead atoms. The molecule has 20 heavy (non-hydrogen) atoms. The number of amides is 1. The largest absolute Gasteiger partial charge is 0.381 e. The van der Waals surface area contributed by atoms with Crippen LogP contribution in [-0.2, 0) is 16.6 Å². The zero-order valence-corrected chi connectivity index (χ0v) is 12.5. The van der Waals surface area contributed by atoms with Gasteiger partial charge < -0.3 is 15.0 Å². The number of likely N-dealkylation sites (N-methyl/N-ethyl adjacent to an activating group) is 2. The van der Waals surface area contributed by atoms with Gasteiger partial charge in [-0.25, -0.2) is 0 Å². The summed E-state index contributed by atoms with van der Waals surface area (Å²) < 4.78 is 7.18. The maximum atomic E-state index is 12.5. The van der Waals surface area contributed by atoms with E-state index in [1.807, 2.05) is 20.3 Å². The van der Waals surface area contributed by atoms with Gasteiger partial charge in [0.2, 0.25) is 5.91 Å². The van der Waals surface area contributed by atoms with E-state index in [0.29, 0.717) is 5.92 Å². The van der Waals surface area contributed by atoms with E-state index in [1.165, 1.54) is 0 Å². The van der Waals surface area contributed by atoms with Crippen molar-refractivity contribution in [2.75, 3.05) is 33.9 Å². The molecule has 0 spiro atoms. The molecular formula is C14H24N4O2. The van der Waals surface area contributed by atoms with Crippen LogP contribution in [0.4, 0.5) is 0 Å². The summed E-state index contributed by atoms with van der Waals surface area (Å²) in [6.07, 6.45) is 5.83. The summed E-state index contributed by atoms with van der Waals surface area (Å²) in [5.74, 6) is 0.523. The number of carbonyl (C=O) groups is 1. The van der Waals surface area contributed by atoms with Gasteiger partial charge in [0.25, 0.3) is 0 Å². The number of aromatic nitrogens is 2. The Labute approximate surface area is 120 Å². The fourth-order valence-corrected chi connectivity index (χ4v) is 2.67. The molecule has 0 saturated carbocycles. The third-order valence-corrected chi connectivity index (χ3v) is 3.76. The summed E-state index contributed by atoms with van der Waals surface area (Å²) in [5, 5.41) is 7.20. The number of rotatable bonds is 5. The molecule has 0 radical (unpaired) electrons. The Balaban J connectivity index is 1.96. The summed E-state index contributed by atoms with van der Waals surface area (Å²) in [6, 6.07) is -0.335. The Kier molecular flexibility index (Phi) is 5.14. The molecular weight excluding hydrogens is 256 g/mol. The first-order valence-corrected chi connectivity index (χ1v) is 7.10. The SMILES string of the molecule is CNC(C(=O)N(C)CC1CCCOC1)c1cnn(C)c1. The van der Waals surface area contributed by atoms with E-state index < -0.39 is 0 Å². The number of hydrogen-bond acceptors (Lipinski definition) is 4. The lowest BCUT2D eigenvalue weighted by Gasteiger charge is -2.29. The maximum absolute atomic E-state index is 12.5. The summed E-state index contributed by atoms with van der Waals surface area (Å²) in [7, 11) is 5.51. The zero-order valence-electron chi connectivity index (χ0n) is 12.5. The van der Waals surface area contributed by atoms with E-state index >= 15 is 0 Å². The second-order valence-electron chi connectivity index (χ2n) is 5.47. The number of carbonyl (C=O) groups excluding carboxylic acids is 1. The average molecular weight is 280 g/mol. The molecule has 1 aliphatic heterocycles. The minimum absolute atomic E-state index is 0.0751. The Morgan fingerprint density at radius 2 is 2.50 bits per heavy atom.